The molecule has 11 heteroatoms. The van der Waals surface area contributed by atoms with Crippen LogP contribution in [0.3, 0.4) is 0 Å². The fourth-order valence-corrected chi connectivity index (χ4v) is 3.25. The van der Waals surface area contributed by atoms with Crippen LogP contribution in [0.2, 0.25) is 0 Å². The van der Waals surface area contributed by atoms with Crippen molar-refractivity contribution in [3.8, 4) is 0 Å². The van der Waals surface area contributed by atoms with Crippen LogP contribution in [0.25, 0.3) is 0 Å². The van der Waals surface area contributed by atoms with E-state index in [1.807, 2.05) is 0 Å². The molecule has 0 fully saturated rings. The molecule has 0 aromatic heterocycles. The van der Waals surface area contributed by atoms with E-state index < -0.39 is 33.4 Å². The number of halogens is 3. The average Bonchev–Trinajstić information content (AvgIpc) is 2.60. The second-order valence-corrected chi connectivity index (χ2v) is 8.63. The number of amides is 2. The first-order chi connectivity index (χ1) is 13.9. The fourth-order valence-electron chi connectivity index (χ4n) is 2.58. The summed E-state index contributed by atoms with van der Waals surface area (Å²) >= 11 is 0. The third kappa shape index (κ3) is 6.85. The first kappa shape index (κ1) is 23.4. The minimum absolute atomic E-state index is 0.0383. The lowest BCUT2D eigenvalue weighted by atomic mass is 10.1. The molecule has 0 aliphatic carbocycles. The molecule has 0 saturated heterocycles. The lowest BCUT2D eigenvalue weighted by Crippen LogP contribution is -2.36. The summed E-state index contributed by atoms with van der Waals surface area (Å²) in [5, 5.41) is 4.71. The number of likely N-dealkylation sites (N-methyl/N-ethyl adjacent to an activating group) is 1. The summed E-state index contributed by atoms with van der Waals surface area (Å²) in [6.45, 7) is -0.569. The summed E-state index contributed by atoms with van der Waals surface area (Å²) in [6.07, 6.45) is -3.58. The normalized spacial score (nSPS) is 11.9. The summed E-state index contributed by atoms with van der Waals surface area (Å²) < 4.78 is 62.1. The molecule has 162 valence electrons. The molecule has 2 aromatic rings. The molecule has 0 heterocycles. The quantitative estimate of drug-likeness (QED) is 0.686. The average molecular weight is 443 g/mol. The highest BCUT2D eigenvalue weighted by Gasteiger charge is 2.33. The van der Waals surface area contributed by atoms with Gasteiger partial charge in [-0.3, -0.25) is 14.5 Å². The number of nitrogens with one attached hydrogen (secondary N) is 2. The van der Waals surface area contributed by atoms with Crippen molar-refractivity contribution in [2.45, 2.75) is 11.1 Å². The third-order valence-electron chi connectivity index (χ3n) is 3.88. The van der Waals surface area contributed by atoms with Gasteiger partial charge in [0.25, 0.3) is 0 Å². The molecule has 2 amide bonds. The van der Waals surface area contributed by atoms with Gasteiger partial charge in [-0.15, -0.1) is 0 Å². The Morgan fingerprint density at radius 3 is 2.17 bits per heavy atom. The van der Waals surface area contributed by atoms with Crippen LogP contribution in [0.1, 0.15) is 5.56 Å². The molecule has 0 radical (unpaired) electrons. The summed E-state index contributed by atoms with van der Waals surface area (Å²) in [5.41, 5.74) is -1.07. The number of benzene rings is 2. The molecule has 0 spiro atoms. The Balaban J connectivity index is 1.94. The van der Waals surface area contributed by atoms with E-state index in [9.17, 15) is 31.2 Å². The van der Waals surface area contributed by atoms with Gasteiger partial charge in [0.15, 0.2) is 9.84 Å². The molecule has 0 saturated carbocycles. The van der Waals surface area contributed by atoms with Crippen LogP contribution in [0.4, 0.5) is 24.5 Å². The Hall–Kier alpha value is -2.92. The van der Waals surface area contributed by atoms with E-state index in [0.717, 1.165) is 18.4 Å². The van der Waals surface area contributed by atoms with E-state index in [4.69, 9.17) is 0 Å². The van der Waals surface area contributed by atoms with E-state index in [1.165, 1.54) is 48.3 Å². The first-order valence-corrected chi connectivity index (χ1v) is 10.5. The molecule has 30 heavy (non-hydrogen) atoms. The maximum Gasteiger partial charge on any atom is 0.418 e. The summed E-state index contributed by atoms with van der Waals surface area (Å²) in [4.78, 5) is 25.6. The highest BCUT2D eigenvalue weighted by molar-refractivity contribution is 7.90. The van der Waals surface area contributed by atoms with E-state index in [-0.39, 0.29) is 29.4 Å². The van der Waals surface area contributed by atoms with Crippen LogP contribution in [0.15, 0.2) is 53.4 Å². The zero-order valence-electron chi connectivity index (χ0n) is 16.2. The molecular weight excluding hydrogens is 423 g/mol. The van der Waals surface area contributed by atoms with Crippen molar-refractivity contribution in [3.05, 3.63) is 54.1 Å². The lowest BCUT2D eigenvalue weighted by molar-refractivity contribution is -0.137. The van der Waals surface area contributed by atoms with Crippen molar-refractivity contribution >= 4 is 33.0 Å². The number of rotatable bonds is 7. The molecule has 0 aliphatic rings. The van der Waals surface area contributed by atoms with Gasteiger partial charge in [-0.1, -0.05) is 18.2 Å². The van der Waals surface area contributed by atoms with Crippen molar-refractivity contribution < 1.29 is 31.2 Å². The maximum absolute atomic E-state index is 13.0. The van der Waals surface area contributed by atoms with Gasteiger partial charge in [-0.2, -0.15) is 13.2 Å². The number of para-hydroxylation sites is 1. The molecule has 2 N–H and O–H groups in total. The highest BCUT2D eigenvalue weighted by atomic mass is 32.2. The smallest absolute Gasteiger partial charge is 0.325 e. The molecule has 0 bridgehead atoms. The number of sulfone groups is 1. The standard InChI is InChI=1S/C19H20F3N3O4S/c1-25(11-17(26)23-13-6-5-7-14(10-13)30(2,28)29)12-18(27)24-16-9-4-3-8-15(16)19(20,21)22/h3-10H,11-12H2,1-2H3,(H,23,26)(H,24,27). The van der Waals surface area contributed by atoms with Crippen molar-refractivity contribution in [2.24, 2.45) is 0 Å². The van der Waals surface area contributed by atoms with Gasteiger partial charge >= 0.3 is 6.18 Å². The van der Waals surface area contributed by atoms with E-state index in [0.29, 0.717) is 0 Å². The Kier molecular flexibility index (Phi) is 7.21. The summed E-state index contributed by atoms with van der Waals surface area (Å²) in [7, 11) is -1.99. The number of carbonyl (C=O) groups is 2. The van der Waals surface area contributed by atoms with E-state index in [1.54, 1.807) is 0 Å². The topological polar surface area (TPSA) is 95.6 Å². The number of carbonyl (C=O) groups excluding carboxylic acids is 2. The van der Waals surface area contributed by atoms with Crippen molar-refractivity contribution in [3.63, 3.8) is 0 Å². The number of anilines is 2. The Morgan fingerprint density at radius 2 is 1.57 bits per heavy atom. The monoisotopic (exact) mass is 443 g/mol. The minimum Gasteiger partial charge on any atom is -0.325 e. The molecule has 0 atom stereocenters. The van der Waals surface area contributed by atoms with Gasteiger partial charge in [-0.05, 0) is 37.4 Å². The van der Waals surface area contributed by atoms with Gasteiger partial charge in [-0.25, -0.2) is 8.42 Å². The number of alkyl halides is 3. The second kappa shape index (κ2) is 9.26. The zero-order valence-corrected chi connectivity index (χ0v) is 17.0. The van der Waals surface area contributed by atoms with Crippen LogP contribution >= 0.6 is 0 Å². The van der Waals surface area contributed by atoms with Crippen molar-refractivity contribution in [2.75, 3.05) is 37.0 Å². The van der Waals surface area contributed by atoms with Crippen LogP contribution in [-0.2, 0) is 25.6 Å². The minimum atomic E-state index is -4.61. The van der Waals surface area contributed by atoms with Crippen LogP contribution in [0, 0.1) is 0 Å². The summed E-state index contributed by atoms with van der Waals surface area (Å²) in [6, 6.07) is 10.3. The number of nitrogens with zero attached hydrogens (tertiary/aromatic N) is 1. The fraction of sp³-hybridized carbons (Fsp3) is 0.263. The maximum atomic E-state index is 13.0. The lowest BCUT2D eigenvalue weighted by Gasteiger charge is -2.18. The molecule has 0 unspecified atom stereocenters. The summed E-state index contributed by atoms with van der Waals surface area (Å²) in [5.74, 6) is -1.24. The van der Waals surface area contributed by atoms with Crippen LogP contribution in [0.5, 0.6) is 0 Å². The van der Waals surface area contributed by atoms with Crippen molar-refractivity contribution in [1.29, 1.82) is 0 Å². The highest BCUT2D eigenvalue weighted by Crippen LogP contribution is 2.34. The number of hydrogen-bond donors (Lipinski definition) is 2. The second-order valence-electron chi connectivity index (χ2n) is 6.61. The van der Waals surface area contributed by atoms with Gasteiger partial charge in [0.05, 0.1) is 29.2 Å². The largest absolute Gasteiger partial charge is 0.418 e. The first-order valence-electron chi connectivity index (χ1n) is 8.61. The molecule has 2 aromatic carbocycles. The Labute approximate surface area is 171 Å². The number of hydrogen-bond acceptors (Lipinski definition) is 5. The Bertz CT molecular complexity index is 1040. The zero-order chi connectivity index (χ0) is 22.5. The van der Waals surface area contributed by atoms with Gasteiger partial charge in [0.1, 0.15) is 0 Å². The molecule has 2 rings (SSSR count). The van der Waals surface area contributed by atoms with Crippen LogP contribution < -0.4 is 10.6 Å². The van der Waals surface area contributed by atoms with E-state index in [2.05, 4.69) is 10.6 Å². The SMILES string of the molecule is CN(CC(=O)Nc1cccc(S(C)(=O)=O)c1)CC(=O)Nc1ccccc1C(F)(F)F. The predicted molar refractivity (Wildman–Crippen MR) is 106 cm³/mol. The molecule has 0 aliphatic heterocycles. The van der Waals surface area contributed by atoms with E-state index >= 15 is 0 Å². The Morgan fingerprint density at radius 1 is 0.967 bits per heavy atom. The molecular formula is C19H20F3N3O4S. The predicted octanol–water partition coefficient (Wildman–Crippen LogP) is 2.62. The van der Waals surface area contributed by atoms with Gasteiger partial charge < -0.3 is 10.6 Å². The third-order valence-corrected chi connectivity index (χ3v) is 4.99. The molecule has 7 nitrogen and oxygen atoms in total. The van der Waals surface area contributed by atoms with Crippen LogP contribution in [-0.4, -0.2) is 51.5 Å². The van der Waals surface area contributed by atoms with Gasteiger partial charge in [0.2, 0.25) is 11.8 Å². The van der Waals surface area contributed by atoms with Crippen molar-refractivity contribution in [1.82, 2.24) is 4.90 Å². The van der Waals surface area contributed by atoms with Gasteiger partial charge in [0, 0.05) is 11.9 Å².